The molecule has 0 fully saturated rings. The number of carboxylic acids is 1. The van der Waals surface area contributed by atoms with Gasteiger partial charge in [0.1, 0.15) is 0 Å². The predicted molar refractivity (Wildman–Crippen MR) is 214 cm³/mol. The summed E-state index contributed by atoms with van der Waals surface area (Å²) in [4.78, 5) is 10.3. The number of rotatable bonds is 38. The number of carbonyl (C=O) groups is 1. The van der Waals surface area contributed by atoms with E-state index in [9.17, 15) is 4.79 Å². The van der Waals surface area contributed by atoms with Gasteiger partial charge >= 0.3 is 5.97 Å². The third-order valence-corrected chi connectivity index (χ3v) is 9.55. The van der Waals surface area contributed by atoms with Crippen molar-refractivity contribution < 1.29 is 9.90 Å². The van der Waals surface area contributed by atoms with Crippen molar-refractivity contribution in [3.63, 3.8) is 0 Å². The van der Waals surface area contributed by atoms with Gasteiger partial charge in [-0.25, -0.2) is 0 Å². The van der Waals surface area contributed by atoms with Gasteiger partial charge in [-0.2, -0.15) is 0 Å². The fourth-order valence-corrected chi connectivity index (χ4v) is 6.30. The molecule has 0 aliphatic heterocycles. The normalized spacial score (nSPS) is 11.5. The van der Waals surface area contributed by atoms with Crippen LogP contribution in [-0.2, 0) is 4.79 Å². The van der Waals surface area contributed by atoms with Gasteiger partial charge in [0.25, 0.3) is 0 Å². The van der Waals surface area contributed by atoms with E-state index in [2.05, 4.69) is 45.1 Å². The van der Waals surface area contributed by atoms with E-state index in [1.54, 1.807) is 0 Å². The third-order valence-electron chi connectivity index (χ3n) is 9.55. The summed E-state index contributed by atoms with van der Waals surface area (Å²) in [6.07, 6.45) is 59.2. The molecule has 0 aromatic carbocycles. The van der Waals surface area contributed by atoms with Gasteiger partial charge in [-0.1, -0.05) is 238 Å². The van der Waals surface area contributed by atoms with Crippen LogP contribution < -0.4 is 0 Å². The SMILES string of the molecule is CCCCC/C=C\C/C=C\CCCCCCCC(=O)O.CCCCCCCCCCCCCCCCCCCCCCCCCCC. The van der Waals surface area contributed by atoms with Crippen LogP contribution in [0, 0.1) is 0 Å². The van der Waals surface area contributed by atoms with Crippen LogP contribution in [0.2, 0.25) is 0 Å². The van der Waals surface area contributed by atoms with Gasteiger partial charge in [0.05, 0.1) is 0 Å². The number of aliphatic carboxylic acids is 1. The van der Waals surface area contributed by atoms with E-state index in [1.165, 1.54) is 205 Å². The molecule has 0 saturated carbocycles. The molecule has 0 aromatic rings. The lowest BCUT2D eigenvalue weighted by molar-refractivity contribution is -0.137. The maximum absolute atomic E-state index is 10.3. The van der Waals surface area contributed by atoms with Gasteiger partial charge in [0, 0.05) is 6.42 Å². The Balaban J connectivity index is 0. The second kappa shape index (κ2) is 47.1. The molecule has 0 heterocycles. The molecule has 0 amide bonds. The Kier molecular flexibility index (Phi) is 48.1. The zero-order valence-corrected chi connectivity index (χ0v) is 32.8. The highest BCUT2D eigenvalue weighted by molar-refractivity contribution is 5.66. The Morgan fingerprint density at radius 1 is 0.340 bits per heavy atom. The Labute approximate surface area is 297 Å². The highest BCUT2D eigenvalue weighted by Crippen LogP contribution is 2.16. The van der Waals surface area contributed by atoms with Gasteiger partial charge in [-0.15, -0.1) is 0 Å². The van der Waals surface area contributed by atoms with E-state index in [1.807, 2.05) is 0 Å². The first-order chi connectivity index (χ1) is 23.2. The van der Waals surface area contributed by atoms with Crippen molar-refractivity contribution in [3.05, 3.63) is 24.3 Å². The minimum Gasteiger partial charge on any atom is -0.481 e. The molecule has 0 saturated heterocycles. The summed E-state index contributed by atoms with van der Waals surface area (Å²) < 4.78 is 0. The summed E-state index contributed by atoms with van der Waals surface area (Å²) in [7, 11) is 0. The zero-order chi connectivity index (χ0) is 34.6. The number of carboxylic acid groups (broad SMARTS) is 1. The maximum atomic E-state index is 10.3. The molecule has 2 nitrogen and oxygen atoms in total. The molecular weight excluding hydrogens is 572 g/mol. The quantitative estimate of drug-likeness (QED) is 0.0528. The standard InChI is InChI=1S/C27H56.C18H32O2/c1-3-5-7-9-11-13-15-17-19-21-23-25-27-26-24-22-20-18-16-14-12-10-8-6-4-2;1-2-3-4-5-6-7-8-9-10-11-12-13-14-15-16-17-18(19)20/h3-27H2,1-2H3;6-7,9-10H,2-5,8,11-17H2,1H3,(H,19,20)/b;7-6-,10-9-. The van der Waals surface area contributed by atoms with E-state index >= 15 is 0 Å². The molecule has 0 radical (unpaired) electrons. The molecule has 0 aliphatic rings. The minimum absolute atomic E-state index is 0.324. The monoisotopic (exact) mass is 661 g/mol. The number of hydrogen-bond donors (Lipinski definition) is 1. The third kappa shape index (κ3) is 52.0. The van der Waals surface area contributed by atoms with Crippen LogP contribution in [0.15, 0.2) is 24.3 Å². The summed E-state index contributed by atoms with van der Waals surface area (Å²) in [5, 5.41) is 8.50. The molecule has 47 heavy (non-hydrogen) atoms. The van der Waals surface area contributed by atoms with Crippen molar-refractivity contribution in [2.45, 2.75) is 258 Å². The first kappa shape index (κ1) is 48.1. The molecule has 0 atom stereocenters. The average Bonchev–Trinajstić information content (AvgIpc) is 3.07. The van der Waals surface area contributed by atoms with Crippen molar-refractivity contribution in [2.24, 2.45) is 0 Å². The summed E-state index contributed by atoms with van der Waals surface area (Å²) in [6, 6.07) is 0. The van der Waals surface area contributed by atoms with Crippen molar-refractivity contribution in [1.29, 1.82) is 0 Å². The summed E-state index contributed by atoms with van der Waals surface area (Å²) in [5.41, 5.74) is 0. The van der Waals surface area contributed by atoms with Crippen molar-refractivity contribution in [3.8, 4) is 0 Å². The van der Waals surface area contributed by atoms with Crippen molar-refractivity contribution >= 4 is 5.97 Å². The summed E-state index contributed by atoms with van der Waals surface area (Å²) in [5.74, 6) is -0.671. The zero-order valence-electron chi connectivity index (χ0n) is 32.8. The van der Waals surface area contributed by atoms with Gasteiger partial charge in [0.2, 0.25) is 0 Å². The Morgan fingerprint density at radius 2 is 0.574 bits per heavy atom. The Hall–Kier alpha value is -1.05. The van der Waals surface area contributed by atoms with Crippen LogP contribution >= 0.6 is 0 Å². The summed E-state index contributed by atoms with van der Waals surface area (Å²) >= 11 is 0. The van der Waals surface area contributed by atoms with E-state index in [-0.39, 0.29) is 0 Å². The molecule has 0 aromatic heterocycles. The molecule has 0 unspecified atom stereocenters. The average molecular weight is 661 g/mol. The molecule has 280 valence electrons. The lowest BCUT2D eigenvalue weighted by Gasteiger charge is -2.04. The summed E-state index contributed by atoms with van der Waals surface area (Å²) in [6.45, 7) is 6.84. The van der Waals surface area contributed by atoms with Crippen LogP contribution in [0.4, 0.5) is 0 Å². The van der Waals surface area contributed by atoms with Gasteiger partial charge in [-0.3, -0.25) is 4.79 Å². The first-order valence-electron chi connectivity index (χ1n) is 21.7. The molecule has 0 aliphatic carbocycles. The molecular formula is C45H88O2. The highest BCUT2D eigenvalue weighted by Gasteiger charge is 1.97. The Morgan fingerprint density at radius 3 is 0.872 bits per heavy atom. The topological polar surface area (TPSA) is 37.3 Å². The second-order valence-electron chi connectivity index (χ2n) is 14.5. The molecule has 0 spiro atoms. The molecule has 2 heteroatoms. The fourth-order valence-electron chi connectivity index (χ4n) is 6.30. The maximum Gasteiger partial charge on any atom is 0.303 e. The molecule has 0 rings (SSSR count). The smallest absolute Gasteiger partial charge is 0.303 e. The highest BCUT2D eigenvalue weighted by atomic mass is 16.4. The second-order valence-corrected chi connectivity index (χ2v) is 14.5. The van der Waals surface area contributed by atoms with Crippen LogP contribution in [0.5, 0.6) is 0 Å². The first-order valence-corrected chi connectivity index (χ1v) is 21.7. The van der Waals surface area contributed by atoms with Gasteiger partial charge in [0.15, 0.2) is 0 Å². The van der Waals surface area contributed by atoms with Gasteiger partial charge < -0.3 is 5.11 Å². The van der Waals surface area contributed by atoms with Crippen molar-refractivity contribution in [2.75, 3.05) is 0 Å². The van der Waals surface area contributed by atoms with E-state index in [4.69, 9.17) is 5.11 Å². The van der Waals surface area contributed by atoms with Crippen LogP contribution in [0.3, 0.4) is 0 Å². The Bertz CT molecular complexity index is 583. The fraction of sp³-hybridized carbons (Fsp3) is 0.889. The van der Waals surface area contributed by atoms with Gasteiger partial charge in [-0.05, 0) is 38.5 Å². The van der Waals surface area contributed by atoms with E-state index in [0.29, 0.717) is 6.42 Å². The van der Waals surface area contributed by atoms with E-state index in [0.717, 1.165) is 25.7 Å². The predicted octanol–water partition coefficient (Wildman–Crippen LogP) is 16.7. The molecule has 1 N–H and O–H groups in total. The van der Waals surface area contributed by atoms with Crippen LogP contribution in [-0.4, -0.2) is 11.1 Å². The van der Waals surface area contributed by atoms with E-state index < -0.39 is 5.97 Å². The van der Waals surface area contributed by atoms with Crippen LogP contribution in [0.1, 0.15) is 258 Å². The number of hydrogen-bond acceptors (Lipinski definition) is 1. The largest absolute Gasteiger partial charge is 0.481 e. The number of allylic oxidation sites excluding steroid dienone is 4. The lowest BCUT2D eigenvalue weighted by atomic mass is 10.0. The molecule has 0 bridgehead atoms. The minimum atomic E-state index is -0.671. The van der Waals surface area contributed by atoms with Crippen molar-refractivity contribution in [1.82, 2.24) is 0 Å². The van der Waals surface area contributed by atoms with Crippen LogP contribution in [0.25, 0.3) is 0 Å². The lowest BCUT2D eigenvalue weighted by Crippen LogP contribution is -1.93. The number of unbranched alkanes of at least 4 members (excludes halogenated alkanes) is 32.